The highest BCUT2D eigenvalue weighted by molar-refractivity contribution is 4.89. The Morgan fingerprint density at radius 1 is 0.667 bits per heavy atom. The summed E-state index contributed by atoms with van der Waals surface area (Å²) in [6.45, 7) is 17.3. The summed E-state index contributed by atoms with van der Waals surface area (Å²) < 4.78 is 0. The minimum Gasteiger partial charge on any atom is -0.0654 e. The van der Waals surface area contributed by atoms with E-state index in [-0.39, 0.29) is 0 Å². The molecule has 0 aromatic carbocycles. The first-order chi connectivity index (χ1) is 9.90. The molecule has 0 radical (unpaired) electrons. The van der Waals surface area contributed by atoms with Crippen LogP contribution in [0.5, 0.6) is 0 Å². The number of hydrogen-bond acceptors (Lipinski definition) is 0. The topological polar surface area (TPSA) is 0 Å². The van der Waals surface area contributed by atoms with Crippen molar-refractivity contribution in [1.29, 1.82) is 0 Å². The van der Waals surface area contributed by atoms with Gasteiger partial charge in [0, 0.05) is 0 Å². The van der Waals surface area contributed by atoms with Gasteiger partial charge < -0.3 is 0 Å². The number of unbranched alkanes of at least 4 members (excludes halogenated alkanes) is 3. The van der Waals surface area contributed by atoms with Crippen LogP contribution in [0.2, 0.25) is 0 Å². The van der Waals surface area contributed by atoms with Crippen molar-refractivity contribution >= 4 is 0 Å². The molecule has 1 aliphatic carbocycles. The molecule has 1 fully saturated rings. The molecule has 0 aliphatic heterocycles. The Morgan fingerprint density at radius 3 is 1.71 bits per heavy atom. The fraction of sp³-hybridized carbons (Fsp3) is 1.00. The highest BCUT2D eigenvalue weighted by atomic mass is 14.5. The molecule has 6 atom stereocenters. The Kier molecular flexibility index (Phi) is 8.35. The first kappa shape index (κ1) is 19.0. The minimum atomic E-state index is 0.914. The number of hydrogen-bond donors (Lipinski definition) is 0. The second kappa shape index (κ2) is 9.21. The van der Waals surface area contributed by atoms with Gasteiger partial charge in [-0.3, -0.25) is 0 Å². The first-order valence-corrected chi connectivity index (χ1v) is 9.90. The van der Waals surface area contributed by atoms with Crippen LogP contribution in [0.4, 0.5) is 0 Å². The lowest BCUT2D eigenvalue weighted by atomic mass is 9.80. The Bertz CT molecular complexity index is 255. The molecule has 0 spiro atoms. The van der Waals surface area contributed by atoms with Crippen molar-refractivity contribution in [2.75, 3.05) is 0 Å². The standard InChI is InChI=1S/C21H42/c1-8-9-10-11-12-15(2)16(3)13-14-21-19(6)17(4)18(5)20(21)7/h15-21H,8-14H2,1-7H3. The van der Waals surface area contributed by atoms with Crippen LogP contribution in [-0.2, 0) is 0 Å². The molecular formula is C21H42. The van der Waals surface area contributed by atoms with Gasteiger partial charge in [-0.15, -0.1) is 0 Å². The molecule has 6 unspecified atom stereocenters. The molecule has 0 N–H and O–H groups in total. The van der Waals surface area contributed by atoms with Crippen LogP contribution in [0.25, 0.3) is 0 Å². The summed E-state index contributed by atoms with van der Waals surface area (Å²) in [7, 11) is 0. The summed E-state index contributed by atoms with van der Waals surface area (Å²) in [5.74, 6) is 6.52. The molecule has 0 heterocycles. The van der Waals surface area contributed by atoms with Crippen molar-refractivity contribution in [1.82, 2.24) is 0 Å². The van der Waals surface area contributed by atoms with Crippen LogP contribution in [0.1, 0.15) is 93.4 Å². The highest BCUT2D eigenvalue weighted by Crippen LogP contribution is 2.47. The van der Waals surface area contributed by atoms with Crippen molar-refractivity contribution in [2.45, 2.75) is 93.4 Å². The highest BCUT2D eigenvalue weighted by Gasteiger charge is 2.40. The Balaban J connectivity index is 2.30. The van der Waals surface area contributed by atoms with Gasteiger partial charge in [0.05, 0.1) is 0 Å². The van der Waals surface area contributed by atoms with E-state index in [0.717, 1.165) is 41.4 Å². The summed E-state index contributed by atoms with van der Waals surface area (Å²) in [5.41, 5.74) is 0. The molecule has 0 aromatic rings. The Labute approximate surface area is 135 Å². The third-order valence-corrected chi connectivity index (χ3v) is 7.28. The van der Waals surface area contributed by atoms with Crippen LogP contribution < -0.4 is 0 Å². The van der Waals surface area contributed by atoms with E-state index < -0.39 is 0 Å². The molecule has 0 amide bonds. The molecule has 0 aromatic heterocycles. The fourth-order valence-electron chi connectivity index (χ4n) is 4.66. The Hall–Kier alpha value is 0. The van der Waals surface area contributed by atoms with E-state index in [4.69, 9.17) is 0 Å². The Morgan fingerprint density at radius 2 is 1.19 bits per heavy atom. The largest absolute Gasteiger partial charge is 0.0654 e. The molecule has 1 aliphatic rings. The van der Waals surface area contributed by atoms with Crippen molar-refractivity contribution in [2.24, 2.45) is 41.4 Å². The zero-order valence-electron chi connectivity index (χ0n) is 16.0. The van der Waals surface area contributed by atoms with Gasteiger partial charge in [-0.25, -0.2) is 0 Å². The van der Waals surface area contributed by atoms with Crippen LogP contribution >= 0.6 is 0 Å². The van der Waals surface area contributed by atoms with Crippen molar-refractivity contribution in [3.63, 3.8) is 0 Å². The molecular weight excluding hydrogens is 252 g/mol. The molecule has 1 rings (SSSR count). The van der Waals surface area contributed by atoms with Crippen LogP contribution in [0, 0.1) is 41.4 Å². The van der Waals surface area contributed by atoms with Gasteiger partial charge in [0.1, 0.15) is 0 Å². The smallest absolute Gasteiger partial charge is 0.0357 e. The van der Waals surface area contributed by atoms with Crippen LogP contribution in [0.15, 0.2) is 0 Å². The minimum absolute atomic E-state index is 0.914. The fourth-order valence-corrected chi connectivity index (χ4v) is 4.66. The quantitative estimate of drug-likeness (QED) is 0.395. The van der Waals surface area contributed by atoms with E-state index in [1.54, 1.807) is 0 Å². The summed E-state index contributed by atoms with van der Waals surface area (Å²) in [6.07, 6.45) is 10.0. The van der Waals surface area contributed by atoms with Gasteiger partial charge in [-0.2, -0.15) is 0 Å². The average molecular weight is 295 g/mol. The zero-order chi connectivity index (χ0) is 16.0. The van der Waals surface area contributed by atoms with E-state index in [1.165, 1.54) is 44.9 Å². The molecule has 0 saturated heterocycles. The van der Waals surface area contributed by atoms with Gasteiger partial charge in [0.15, 0.2) is 0 Å². The van der Waals surface area contributed by atoms with E-state index in [1.807, 2.05) is 0 Å². The van der Waals surface area contributed by atoms with Crippen LogP contribution in [0.3, 0.4) is 0 Å². The van der Waals surface area contributed by atoms with E-state index in [0.29, 0.717) is 0 Å². The zero-order valence-corrected chi connectivity index (χ0v) is 16.0. The average Bonchev–Trinajstić information content (AvgIpc) is 2.65. The molecule has 0 heteroatoms. The van der Waals surface area contributed by atoms with E-state index >= 15 is 0 Å². The van der Waals surface area contributed by atoms with Gasteiger partial charge in [-0.05, 0) is 47.8 Å². The normalized spacial score (nSPS) is 35.9. The predicted octanol–water partition coefficient (Wildman–Crippen LogP) is 7.18. The molecule has 1 saturated carbocycles. The number of rotatable bonds is 9. The molecule has 0 bridgehead atoms. The van der Waals surface area contributed by atoms with Crippen molar-refractivity contribution < 1.29 is 0 Å². The maximum Gasteiger partial charge on any atom is -0.0357 e. The maximum absolute atomic E-state index is 2.51. The van der Waals surface area contributed by atoms with E-state index in [2.05, 4.69) is 48.5 Å². The van der Waals surface area contributed by atoms with Crippen molar-refractivity contribution in [3.05, 3.63) is 0 Å². The lowest BCUT2D eigenvalue weighted by Gasteiger charge is -2.26. The van der Waals surface area contributed by atoms with Crippen LogP contribution in [-0.4, -0.2) is 0 Å². The van der Waals surface area contributed by atoms with Gasteiger partial charge >= 0.3 is 0 Å². The van der Waals surface area contributed by atoms with Gasteiger partial charge in [0.25, 0.3) is 0 Å². The van der Waals surface area contributed by atoms with Gasteiger partial charge in [0.2, 0.25) is 0 Å². The lowest BCUT2D eigenvalue weighted by molar-refractivity contribution is 0.247. The lowest BCUT2D eigenvalue weighted by Crippen LogP contribution is -2.16. The van der Waals surface area contributed by atoms with Crippen molar-refractivity contribution in [3.8, 4) is 0 Å². The summed E-state index contributed by atoms with van der Waals surface area (Å²) in [4.78, 5) is 0. The predicted molar refractivity (Wildman–Crippen MR) is 96.5 cm³/mol. The second-order valence-corrected chi connectivity index (χ2v) is 8.48. The molecule has 0 nitrogen and oxygen atoms in total. The third kappa shape index (κ3) is 5.29. The summed E-state index contributed by atoms with van der Waals surface area (Å²) in [5, 5.41) is 0. The van der Waals surface area contributed by atoms with E-state index in [9.17, 15) is 0 Å². The summed E-state index contributed by atoms with van der Waals surface area (Å²) >= 11 is 0. The molecule has 21 heavy (non-hydrogen) atoms. The monoisotopic (exact) mass is 294 g/mol. The SMILES string of the molecule is CCCCCCC(C)C(C)CCC1C(C)C(C)C(C)C1C. The third-order valence-electron chi connectivity index (χ3n) is 7.28. The maximum atomic E-state index is 2.51. The second-order valence-electron chi connectivity index (χ2n) is 8.48. The van der Waals surface area contributed by atoms with Gasteiger partial charge in [-0.1, -0.05) is 87.0 Å². The summed E-state index contributed by atoms with van der Waals surface area (Å²) in [6, 6.07) is 0. The first-order valence-electron chi connectivity index (χ1n) is 9.90. The molecule has 126 valence electrons.